The fourth-order valence-electron chi connectivity index (χ4n) is 2.57. The molecule has 2 aromatic carbocycles. The van der Waals surface area contributed by atoms with E-state index in [1.54, 1.807) is 18.2 Å². The molecule has 2 rings (SSSR count). The van der Waals surface area contributed by atoms with Crippen molar-refractivity contribution in [3.05, 3.63) is 58.9 Å². The summed E-state index contributed by atoms with van der Waals surface area (Å²) in [4.78, 5) is 12.0. The first kappa shape index (κ1) is 20.5. The Morgan fingerprint density at radius 2 is 1.78 bits per heavy atom. The van der Waals surface area contributed by atoms with Gasteiger partial charge in [-0.2, -0.15) is 13.2 Å². The van der Waals surface area contributed by atoms with Crippen LogP contribution >= 0.6 is 0 Å². The molecule has 0 radical (unpaired) electrons. The maximum Gasteiger partial charge on any atom is 0.416 e. The summed E-state index contributed by atoms with van der Waals surface area (Å²) in [6.45, 7) is -0.344. The van der Waals surface area contributed by atoms with Crippen molar-refractivity contribution in [3.8, 4) is 11.5 Å². The van der Waals surface area contributed by atoms with Gasteiger partial charge in [-0.05, 0) is 47.9 Å². The van der Waals surface area contributed by atoms with Crippen molar-refractivity contribution in [3.63, 3.8) is 0 Å². The largest absolute Gasteiger partial charge is 0.497 e. The van der Waals surface area contributed by atoms with Gasteiger partial charge in [0.15, 0.2) is 0 Å². The third kappa shape index (κ3) is 5.60. The van der Waals surface area contributed by atoms with Crippen molar-refractivity contribution >= 4 is 5.91 Å². The first-order valence-electron chi connectivity index (χ1n) is 8.08. The lowest BCUT2D eigenvalue weighted by Gasteiger charge is -2.14. The molecule has 0 saturated heterocycles. The van der Waals surface area contributed by atoms with Crippen molar-refractivity contribution < 1.29 is 31.8 Å². The second kappa shape index (κ2) is 8.75. The zero-order valence-electron chi connectivity index (χ0n) is 14.8. The number of nitrogens with one attached hydrogen (secondary N) is 1. The molecule has 0 bridgehead atoms. The van der Waals surface area contributed by atoms with E-state index in [1.165, 1.54) is 14.2 Å². The van der Waals surface area contributed by atoms with Crippen molar-refractivity contribution in [1.29, 1.82) is 0 Å². The van der Waals surface area contributed by atoms with E-state index in [2.05, 4.69) is 5.32 Å². The monoisotopic (exact) mass is 385 g/mol. The van der Waals surface area contributed by atoms with Crippen molar-refractivity contribution in [1.82, 2.24) is 5.32 Å². The number of rotatable bonds is 7. The summed E-state index contributed by atoms with van der Waals surface area (Å²) < 4.78 is 62.4. The number of halogens is 4. The third-order valence-electron chi connectivity index (χ3n) is 3.96. The van der Waals surface area contributed by atoms with Crippen LogP contribution in [0.5, 0.6) is 11.5 Å². The number of hydrogen-bond acceptors (Lipinski definition) is 3. The first-order valence-corrected chi connectivity index (χ1v) is 8.08. The number of carbonyl (C=O) groups is 1. The Balaban J connectivity index is 2.00. The average Bonchev–Trinajstić information content (AvgIpc) is 2.64. The lowest BCUT2D eigenvalue weighted by Crippen LogP contribution is -2.25. The lowest BCUT2D eigenvalue weighted by atomic mass is 10.1. The molecule has 1 N–H and O–H groups in total. The molecule has 0 unspecified atom stereocenters. The molecule has 0 heterocycles. The van der Waals surface area contributed by atoms with Gasteiger partial charge in [0.05, 0.1) is 19.8 Å². The topological polar surface area (TPSA) is 47.6 Å². The number of amides is 1. The Hall–Kier alpha value is -2.77. The van der Waals surface area contributed by atoms with E-state index in [4.69, 9.17) is 9.47 Å². The Kier molecular flexibility index (Phi) is 6.65. The van der Waals surface area contributed by atoms with Crippen LogP contribution in [-0.4, -0.2) is 20.1 Å². The van der Waals surface area contributed by atoms with Crippen molar-refractivity contribution in [2.45, 2.75) is 25.6 Å². The van der Waals surface area contributed by atoms with E-state index in [0.717, 1.165) is 17.7 Å². The van der Waals surface area contributed by atoms with E-state index < -0.39 is 23.5 Å². The molecule has 8 heteroatoms. The number of ether oxygens (including phenoxy) is 2. The van der Waals surface area contributed by atoms with E-state index in [0.29, 0.717) is 24.0 Å². The molecule has 4 nitrogen and oxygen atoms in total. The molecular weight excluding hydrogens is 366 g/mol. The number of alkyl halides is 3. The second-order valence-corrected chi connectivity index (χ2v) is 5.75. The van der Waals surface area contributed by atoms with Crippen LogP contribution in [0.15, 0.2) is 36.4 Å². The summed E-state index contributed by atoms with van der Waals surface area (Å²) in [6, 6.07) is 7.52. The maximum absolute atomic E-state index is 13.1. The Morgan fingerprint density at radius 1 is 1.04 bits per heavy atom. The molecule has 0 spiro atoms. The number of carbonyl (C=O) groups excluding carboxylic acids is 1. The molecule has 1 amide bonds. The Labute approximate surface area is 154 Å². The van der Waals surface area contributed by atoms with Crippen LogP contribution in [0.1, 0.15) is 23.1 Å². The number of methoxy groups -OCH3 is 2. The maximum atomic E-state index is 13.1. The van der Waals surface area contributed by atoms with Crippen molar-refractivity contribution in [2.24, 2.45) is 0 Å². The van der Waals surface area contributed by atoms with Crippen LogP contribution in [0.25, 0.3) is 0 Å². The van der Waals surface area contributed by atoms with Gasteiger partial charge < -0.3 is 14.8 Å². The van der Waals surface area contributed by atoms with Crippen LogP contribution in [0.3, 0.4) is 0 Å². The molecule has 0 aliphatic carbocycles. The molecule has 0 aliphatic heterocycles. The molecule has 27 heavy (non-hydrogen) atoms. The molecule has 0 saturated carbocycles. The molecule has 146 valence electrons. The number of benzene rings is 2. The fraction of sp³-hybridized carbons (Fsp3) is 0.316. The highest BCUT2D eigenvalue weighted by Gasteiger charge is 2.33. The van der Waals surface area contributed by atoms with E-state index in [9.17, 15) is 22.4 Å². The van der Waals surface area contributed by atoms with E-state index in [1.807, 2.05) is 0 Å². The first-order chi connectivity index (χ1) is 12.7. The van der Waals surface area contributed by atoms with Gasteiger partial charge in [-0.1, -0.05) is 6.07 Å². The highest BCUT2D eigenvalue weighted by atomic mass is 19.4. The summed E-state index contributed by atoms with van der Waals surface area (Å²) in [5.74, 6) is -0.228. The summed E-state index contributed by atoms with van der Waals surface area (Å²) >= 11 is 0. The number of aryl methyl sites for hydroxylation is 1. The van der Waals surface area contributed by atoms with E-state index >= 15 is 0 Å². The van der Waals surface area contributed by atoms with Crippen LogP contribution in [0.4, 0.5) is 17.6 Å². The minimum atomic E-state index is -4.70. The summed E-state index contributed by atoms with van der Waals surface area (Å²) in [7, 11) is 3.01. The third-order valence-corrected chi connectivity index (χ3v) is 3.96. The standard InChI is InChI=1S/C19H19F4NO3/c1-26-15-6-7-17(27-2)12(9-15)4-8-18(25)24-11-13-3-5-14(20)10-16(13)19(21,22)23/h3,5-7,9-10H,4,8,11H2,1-2H3,(H,24,25). The quantitative estimate of drug-likeness (QED) is 0.730. The second-order valence-electron chi connectivity index (χ2n) is 5.75. The zero-order valence-corrected chi connectivity index (χ0v) is 14.8. The highest BCUT2D eigenvalue weighted by Crippen LogP contribution is 2.32. The summed E-state index contributed by atoms with van der Waals surface area (Å²) in [6.07, 6.45) is -4.33. The fourth-order valence-corrected chi connectivity index (χ4v) is 2.57. The molecule has 2 aromatic rings. The number of hydrogen-bond donors (Lipinski definition) is 1. The van der Waals surface area contributed by atoms with Gasteiger partial charge in [0.2, 0.25) is 5.91 Å². The lowest BCUT2D eigenvalue weighted by molar-refractivity contribution is -0.138. The molecule has 0 aromatic heterocycles. The minimum absolute atomic E-state index is 0.0477. The van der Waals surface area contributed by atoms with Gasteiger partial charge in [0, 0.05) is 13.0 Å². The SMILES string of the molecule is COc1ccc(OC)c(CCC(=O)NCc2ccc(F)cc2C(F)(F)F)c1. The van der Waals surface area contributed by atoms with Gasteiger partial charge in [-0.3, -0.25) is 4.79 Å². The molecular formula is C19H19F4NO3. The predicted molar refractivity (Wildman–Crippen MR) is 91.1 cm³/mol. The minimum Gasteiger partial charge on any atom is -0.497 e. The molecule has 0 atom stereocenters. The predicted octanol–water partition coefficient (Wildman–Crippen LogP) is 4.11. The van der Waals surface area contributed by atoms with Gasteiger partial charge in [-0.15, -0.1) is 0 Å². The van der Waals surface area contributed by atoms with Crippen LogP contribution < -0.4 is 14.8 Å². The Bertz CT molecular complexity index is 806. The van der Waals surface area contributed by atoms with Crippen LogP contribution in [-0.2, 0) is 23.9 Å². The van der Waals surface area contributed by atoms with E-state index in [-0.39, 0.29) is 18.5 Å². The normalized spacial score (nSPS) is 11.2. The van der Waals surface area contributed by atoms with Gasteiger partial charge in [0.25, 0.3) is 0 Å². The van der Waals surface area contributed by atoms with Gasteiger partial charge in [-0.25, -0.2) is 4.39 Å². The van der Waals surface area contributed by atoms with Crippen molar-refractivity contribution in [2.75, 3.05) is 14.2 Å². The highest BCUT2D eigenvalue weighted by molar-refractivity contribution is 5.76. The Morgan fingerprint density at radius 3 is 2.41 bits per heavy atom. The van der Waals surface area contributed by atoms with Crippen LogP contribution in [0, 0.1) is 5.82 Å². The van der Waals surface area contributed by atoms with Gasteiger partial charge >= 0.3 is 6.18 Å². The zero-order chi connectivity index (χ0) is 20.0. The summed E-state index contributed by atoms with van der Waals surface area (Å²) in [5.41, 5.74) is -0.557. The summed E-state index contributed by atoms with van der Waals surface area (Å²) in [5, 5.41) is 2.43. The van der Waals surface area contributed by atoms with Gasteiger partial charge in [0.1, 0.15) is 17.3 Å². The molecule has 0 aliphatic rings. The molecule has 0 fully saturated rings. The van der Waals surface area contributed by atoms with Crippen LogP contribution in [0.2, 0.25) is 0 Å². The average molecular weight is 385 g/mol. The smallest absolute Gasteiger partial charge is 0.416 e.